The van der Waals surface area contributed by atoms with E-state index >= 15 is 0 Å². The lowest BCUT2D eigenvalue weighted by Gasteiger charge is -2.28. The van der Waals surface area contributed by atoms with Gasteiger partial charge in [0.2, 0.25) is 0 Å². The first-order valence-corrected chi connectivity index (χ1v) is 8.49. The summed E-state index contributed by atoms with van der Waals surface area (Å²) < 4.78 is 0. The summed E-state index contributed by atoms with van der Waals surface area (Å²) in [7, 11) is 0. The van der Waals surface area contributed by atoms with Crippen molar-refractivity contribution in [2.45, 2.75) is 69.4 Å². The first-order valence-electron chi connectivity index (χ1n) is 7.07. The van der Waals surface area contributed by atoms with Crippen LogP contribution < -0.4 is 0 Å². The molecule has 1 N–H and O–H groups in total. The number of aromatic hydroxyl groups is 1. The van der Waals surface area contributed by atoms with Crippen molar-refractivity contribution in [2.75, 3.05) is 5.88 Å². The second-order valence-electron chi connectivity index (χ2n) is 7.45. The van der Waals surface area contributed by atoms with Gasteiger partial charge in [-0.1, -0.05) is 48.5 Å². The van der Waals surface area contributed by atoms with Gasteiger partial charge in [-0.3, -0.25) is 0 Å². The number of thioether (sulfide) groups is 1. The summed E-state index contributed by atoms with van der Waals surface area (Å²) in [6, 6.07) is 4.22. The quantitative estimate of drug-likeness (QED) is 0.570. The van der Waals surface area contributed by atoms with E-state index in [9.17, 15) is 5.11 Å². The van der Waals surface area contributed by atoms with Crippen LogP contribution in [0.4, 0.5) is 0 Å². The van der Waals surface area contributed by atoms with Crippen LogP contribution in [0.3, 0.4) is 0 Å². The van der Waals surface area contributed by atoms with E-state index in [4.69, 9.17) is 11.6 Å². The van der Waals surface area contributed by atoms with E-state index in [1.807, 2.05) is 0 Å². The monoisotopic (exact) mass is 314 g/mol. The Labute approximate surface area is 133 Å². The molecule has 0 saturated heterocycles. The maximum Gasteiger partial charge on any atom is 0.123 e. The normalized spacial score (nSPS) is 14.4. The molecule has 1 aromatic carbocycles. The third kappa shape index (κ3) is 4.33. The fourth-order valence-corrected chi connectivity index (χ4v) is 3.17. The van der Waals surface area contributed by atoms with Crippen LogP contribution in [0.25, 0.3) is 0 Å². The van der Waals surface area contributed by atoms with Gasteiger partial charge in [0.1, 0.15) is 5.75 Å². The lowest BCUT2D eigenvalue weighted by atomic mass is 9.79. The molecule has 20 heavy (non-hydrogen) atoms. The van der Waals surface area contributed by atoms with Crippen LogP contribution in [-0.4, -0.2) is 16.2 Å². The number of phenols is 1. The van der Waals surface area contributed by atoms with Crippen molar-refractivity contribution in [3.63, 3.8) is 0 Å². The molecule has 0 aliphatic carbocycles. The molecule has 1 rings (SSSR count). The largest absolute Gasteiger partial charge is 0.507 e. The van der Waals surface area contributed by atoms with Gasteiger partial charge in [-0.25, -0.2) is 0 Å². The van der Waals surface area contributed by atoms with Crippen LogP contribution in [0.5, 0.6) is 5.75 Å². The molecule has 1 atom stereocenters. The number of hydrogen-bond donors (Lipinski definition) is 1. The third-order valence-electron chi connectivity index (χ3n) is 3.25. The Morgan fingerprint density at radius 2 is 1.45 bits per heavy atom. The van der Waals surface area contributed by atoms with Crippen LogP contribution in [-0.2, 0) is 10.8 Å². The number of halogens is 1. The van der Waals surface area contributed by atoms with Gasteiger partial charge in [0.05, 0.1) is 0 Å². The van der Waals surface area contributed by atoms with E-state index in [0.717, 1.165) is 11.1 Å². The van der Waals surface area contributed by atoms with Crippen molar-refractivity contribution in [2.24, 2.45) is 0 Å². The van der Waals surface area contributed by atoms with Crippen molar-refractivity contribution in [1.29, 1.82) is 0 Å². The molecule has 1 nitrogen and oxygen atoms in total. The van der Waals surface area contributed by atoms with Crippen LogP contribution in [0.15, 0.2) is 17.0 Å². The molecule has 114 valence electrons. The zero-order valence-electron chi connectivity index (χ0n) is 13.7. The predicted molar refractivity (Wildman–Crippen MR) is 91.5 cm³/mol. The van der Waals surface area contributed by atoms with Crippen molar-refractivity contribution >= 4 is 23.4 Å². The lowest BCUT2D eigenvalue weighted by Crippen LogP contribution is -2.17. The van der Waals surface area contributed by atoms with E-state index in [-0.39, 0.29) is 10.8 Å². The lowest BCUT2D eigenvalue weighted by molar-refractivity contribution is 0.422. The highest BCUT2D eigenvalue weighted by Crippen LogP contribution is 2.42. The highest BCUT2D eigenvalue weighted by molar-refractivity contribution is 8.00. The van der Waals surface area contributed by atoms with Crippen LogP contribution in [0.2, 0.25) is 0 Å². The summed E-state index contributed by atoms with van der Waals surface area (Å²) in [5.74, 6) is 1.06. The molecule has 0 aromatic heterocycles. The molecule has 1 aromatic rings. The fraction of sp³-hybridized carbons (Fsp3) is 0.647. The fourth-order valence-electron chi connectivity index (χ4n) is 2.08. The average Bonchev–Trinajstić information content (AvgIpc) is 2.28. The molecule has 0 aliphatic heterocycles. The Bertz CT molecular complexity index is 434. The smallest absolute Gasteiger partial charge is 0.123 e. The first kappa shape index (κ1) is 17.7. The van der Waals surface area contributed by atoms with Gasteiger partial charge in [-0.15, -0.1) is 23.4 Å². The Morgan fingerprint density at radius 1 is 1.05 bits per heavy atom. The Hall–Kier alpha value is -0.340. The minimum absolute atomic E-state index is 0.0785. The predicted octanol–water partition coefficient (Wildman–Crippen LogP) is 5.71. The Balaban J connectivity index is 3.42. The zero-order chi connectivity index (χ0) is 15.7. The minimum atomic E-state index is -0.0785. The SMILES string of the molecule is C[C@H](CCl)Sc1cc(C(C)(C)C)c(O)c(C(C)(C)C)c1. The molecule has 0 bridgehead atoms. The molecule has 0 unspecified atom stereocenters. The molecule has 0 aliphatic rings. The van der Waals surface area contributed by atoms with Crippen LogP contribution in [0, 0.1) is 0 Å². The number of benzene rings is 1. The average molecular weight is 315 g/mol. The second kappa shape index (κ2) is 6.19. The number of hydrogen-bond acceptors (Lipinski definition) is 2. The van der Waals surface area contributed by atoms with Gasteiger partial charge in [-0.2, -0.15) is 0 Å². The van der Waals surface area contributed by atoms with Gasteiger partial charge >= 0.3 is 0 Å². The minimum Gasteiger partial charge on any atom is -0.507 e. The van der Waals surface area contributed by atoms with Gasteiger partial charge < -0.3 is 5.11 Å². The summed E-state index contributed by atoms with van der Waals surface area (Å²) in [4.78, 5) is 1.19. The maximum atomic E-state index is 10.6. The highest BCUT2D eigenvalue weighted by atomic mass is 35.5. The zero-order valence-corrected chi connectivity index (χ0v) is 15.2. The van der Waals surface area contributed by atoms with Crippen LogP contribution in [0.1, 0.15) is 59.6 Å². The second-order valence-corrected chi connectivity index (χ2v) is 9.27. The molecule has 0 spiro atoms. The van der Waals surface area contributed by atoms with Gasteiger partial charge in [0.25, 0.3) is 0 Å². The topological polar surface area (TPSA) is 20.2 Å². The maximum absolute atomic E-state index is 10.6. The molecule has 0 amide bonds. The van der Waals surface area contributed by atoms with E-state index in [0.29, 0.717) is 16.9 Å². The summed E-state index contributed by atoms with van der Waals surface area (Å²) in [6.07, 6.45) is 0. The number of phenolic OH excluding ortho intramolecular Hbond substituents is 1. The van der Waals surface area contributed by atoms with E-state index in [1.165, 1.54) is 4.90 Å². The molecule has 0 saturated carbocycles. The molecule has 0 fully saturated rings. The van der Waals surface area contributed by atoms with E-state index in [1.54, 1.807) is 11.8 Å². The summed E-state index contributed by atoms with van der Waals surface area (Å²) >= 11 is 7.69. The van der Waals surface area contributed by atoms with Gasteiger partial charge in [0.15, 0.2) is 0 Å². The number of rotatable bonds is 3. The summed E-state index contributed by atoms with van der Waals surface area (Å²) in [6.45, 7) is 14.9. The van der Waals surface area contributed by atoms with Crippen molar-refractivity contribution in [3.05, 3.63) is 23.3 Å². The first-order chi connectivity index (χ1) is 8.96. The molecular weight excluding hydrogens is 288 g/mol. The molecule has 0 heterocycles. The van der Waals surface area contributed by atoms with Crippen molar-refractivity contribution in [3.8, 4) is 5.75 Å². The Kier molecular flexibility index (Phi) is 5.48. The summed E-state index contributed by atoms with van der Waals surface area (Å²) in [5, 5.41) is 11.0. The number of alkyl halides is 1. The standard InChI is InChI=1S/C17H27ClOS/c1-11(10-18)20-12-8-13(16(2,3)4)15(19)14(9-12)17(5,6)7/h8-9,11,19H,10H2,1-7H3/t11-/m1/s1. The Morgan fingerprint density at radius 3 is 1.75 bits per heavy atom. The summed E-state index contributed by atoms with van der Waals surface area (Å²) in [5.41, 5.74) is 1.86. The molecular formula is C17H27ClOS. The highest BCUT2D eigenvalue weighted by Gasteiger charge is 2.26. The molecule has 3 heteroatoms. The van der Waals surface area contributed by atoms with Crippen LogP contribution >= 0.6 is 23.4 Å². The van der Waals surface area contributed by atoms with Crippen molar-refractivity contribution < 1.29 is 5.11 Å². The van der Waals surface area contributed by atoms with Crippen molar-refractivity contribution in [1.82, 2.24) is 0 Å². The van der Waals surface area contributed by atoms with Gasteiger partial charge in [0, 0.05) is 27.2 Å². The third-order valence-corrected chi connectivity index (χ3v) is 4.98. The van der Waals surface area contributed by atoms with E-state index in [2.05, 4.69) is 60.6 Å². The van der Waals surface area contributed by atoms with Gasteiger partial charge in [-0.05, 0) is 23.0 Å². The molecule has 0 radical (unpaired) electrons. The van der Waals surface area contributed by atoms with E-state index < -0.39 is 0 Å².